The van der Waals surface area contributed by atoms with Gasteiger partial charge in [-0.15, -0.1) is 5.10 Å². The summed E-state index contributed by atoms with van der Waals surface area (Å²) in [4.78, 5) is 27.7. The van der Waals surface area contributed by atoms with E-state index < -0.39 is 6.03 Å². The number of anilines is 1. The number of aromatic nitrogens is 3. The van der Waals surface area contributed by atoms with Gasteiger partial charge in [-0.25, -0.2) is 9.31 Å². The van der Waals surface area contributed by atoms with Gasteiger partial charge in [-0.2, -0.15) is 4.98 Å². The molecule has 3 N–H and O–H groups in total. The van der Waals surface area contributed by atoms with Crippen molar-refractivity contribution < 1.29 is 9.59 Å². The quantitative estimate of drug-likeness (QED) is 0.771. The van der Waals surface area contributed by atoms with Crippen LogP contribution in [0.3, 0.4) is 0 Å². The normalized spacial score (nSPS) is 10.4. The maximum absolute atomic E-state index is 12.0. The lowest BCUT2D eigenvalue weighted by Gasteiger charge is -2.04. The van der Waals surface area contributed by atoms with E-state index in [2.05, 4.69) is 42.0 Å². The van der Waals surface area contributed by atoms with Crippen LogP contribution in [0, 0.1) is 0 Å². The van der Waals surface area contributed by atoms with Crippen molar-refractivity contribution in [3.8, 4) is 0 Å². The molecule has 0 saturated heterocycles. The monoisotopic (exact) mass is 354 g/mol. The molecule has 0 aliphatic heterocycles. The number of pyridine rings is 1. The van der Waals surface area contributed by atoms with Crippen LogP contribution in [0.15, 0.2) is 16.6 Å². The highest BCUT2D eigenvalue weighted by Crippen LogP contribution is 2.17. The van der Waals surface area contributed by atoms with E-state index in [1.165, 1.54) is 4.52 Å². The summed E-state index contributed by atoms with van der Waals surface area (Å²) in [6, 6.07) is 2.95. The number of urea groups is 1. The molecule has 0 spiro atoms. The lowest BCUT2D eigenvalue weighted by atomic mass is 10.3. The van der Waals surface area contributed by atoms with Gasteiger partial charge in [-0.3, -0.25) is 10.1 Å². The number of halogens is 1. The summed E-state index contributed by atoms with van der Waals surface area (Å²) < 4.78 is 2.09. The molecule has 21 heavy (non-hydrogen) atoms. The van der Waals surface area contributed by atoms with Crippen LogP contribution in [0.25, 0.3) is 5.65 Å². The first kappa shape index (κ1) is 15.2. The predicted octanol–water partition coefficient (Wildman–Crippen LogP) is 1.38. The fraction of sp³-hybridized carbons (Fsp3) is 0.333. The summed E-state index contributed by atoms with van der Waals surface area (Å²) >= 11 is 3.33. The van der Waals surface area contributed by atoms with E-state index in [-0.39, 0.29) is 11.9 Å². The molecule has 0 atom stereocenters. The minimum absolute atomic E-state index is 0.129. The Bertz CT molecular complexity index is 684. The van der Waals surface area contributed by atoms with Gasteiger partial charge in [0, 0.05) is 17.6 Å². The lowest BCUT2D eigenvalue weighted by Crippen LogP contribution is -2.28. The van der Waals surface area contributed by atoms with Crippen molar-refractivity contribution in [3.63, 3.8) is 0 Å². The van der Waals surface area contributed by atoms with E-state index in [4.69, 9.17) is 0 Å². The summed E-state index contributed by atoms with van der Waals surface area (Å²) in [5.74, 6) is -0.136. The molecule has 2 rings (SSSR count). The zero-order valence-corrected chi connectivity index (χ0v) is 13.2. The van der Waals surface area contributed by atoms with Gasteiger partial charge >= 0.3 is 6.03 Å². The van der Waals surface area contributed by atoms with Gasteiger partial charge in [0.25, 0.3) is 11.9 Å². The smallest absolute Gasteiger partial charge is 0.321 e. The average molecular weight is 355 g/mol. The Balaban J connectivity index is 2.39. The molecule has 0 unspecified atom stereocenters. The predicted molar refractivity (Wildman–Crippen MR) is 81.4 cm³/mol. The van der Waals surface area contributed by atoms with E-state index >= 15 is 0 Å². The zero-order chi connectivity index (χ0) is 15.4. The molecule has 0 radical (unpaired) electrons. The Labute approximate surface area is 129 Å². The number of hydrogen-bond acceptors (Lipinski definition) is 4. The van der Waals surface area contributed by atoms with Gasteiger partial charge in [0.2, 0.25) is 0 Å². The summed E-state index contributed by atoms with van der Waals surface area (Å²) in [6.45, 7) is 4.64. The second-order valence-corrected chi connectivity index (χ2v) is 5.02. The molecular formula is C12H15BrN6O2. The minimum atomic E-state index is -0.396. The summed E-state index contributed by atoms with van der Waals surface area (Å²) in [6.07, 6.45) is 0. The van der Waals surface area contributed by atoms with Gasteiger partial charge in [0.15, 0.2) is 5.65 Å². The minimum Gasteiger partial charge on any atom is -0.351 e. The van der Waals surface area contributed by atoms with E-state index in [9.17, 15) is 9.59 Å². The molecule has 0 bridgehead atoms. The highest BCUT2D eigenvalue weighted by molar-refractivity contribution is 9.10. The molecular weight excluding hydrogens is 340 g/mol. The topological polar surface area (TPSA) is 100 Å². The third-order valence-corrected chi connectivity index (χ3v) is 2.99. The number of nitrogens with one attached hydrogen (secondary N) is 3. The highest BCUT2D eigenvalue weighted by atomic mass is 79.9. The molecule has 0 aromatic carbocycles. The zero-order valence-electron chi connectivity index (χ0n) is 11.6. The standard InChI is InChI=1S/C12H15BrN6O2/c1-3-14-10(20)8-5-7(13)6-9-16-11(18-19(8)9)17-12(21)15-4-2/h5-6H,3-4H2,1-2H3,(H,14,20)(H2,15,17,18,21). The third kappa shape index (κ3) is 3.48. The van der Waals surface area contributed by atoms with Gasteiger partial charge in [-0.05, 0) is 26.0 Å². The number of hydrogen-bond donors (Lipinski definition) is 3. The van der Waals surface area contributed by atoms with Crippen LogP contribution in [-0.4, -0.2) is 39.6 Å². The number of carbonyl (C=O) groups is 2. The van der Waals surface area contributed by atoms with E-state index in [0.717, 1.165) is 0 Å². The van der Waals surface area contributed by atoms with Crippen molar-refractivity contribution in [1.82, 2.24) is 25.2 Å². The number of rotatable bonds is 4. The van der Waals surface area contributed by atoms with Crippen LogP contribution < -0.4 is 16.0 Å². The number of fused-ring (bicyclic) bond motifs is 1. The van der Waals surface area contributed by atoms with Crippen molar-refractivity contribution in [2.24, 2.45) is 0 Å². The van der Waals surface area contributed by atoms with Crippen molar-refractivity contribution in [2.45, 2.75) is 13.8 Å². The Morgan fingerprint density at radius 2 is 1.95 bits per heavy atom. The summed E-state index contributed by atoms with van der Waals surface area (Å²) in [5.41, 5.74) is 0.787. The number of carbonyl (C=O) groups excluding carboxylic acids is 2. The highest BCUT2D eigenvalue weighted by Gasteiger charge is 2.15. The van der Waals surface area contributed by atoms with E-state index in [1.807, 2.05) is 6.92 Å². The van der Waals surface area contributed by atoms with Crippen LogP contribution in [0.1, 0.15) is 24.3 Å². The molecule has 0 fully saturated rings. The Morgan fingerprint density at radius 1 is 1.24 bits per heavy atom. The Morgan fingerprint density at radius 3 is 2.62 bits per heavy atom. The van der Waals surface area contributed by atoms with Crippen LogP contribution in [0.2, 0.25) is 0 Å². The maximum atomic E-state index is 12.0. The fourth-order valence-corrected chi connectivity index (χ4v) is 2.15. The van der Waals surface area contributed by atoms with Crippen LogP contribution in [-0.2, 0) is 0 Å². The molecule has 0 aliphatic carbocycles. The van der Waals surface area contributed by atoms with E-state index in [0.29, 0.717) is 28.9 Å². The maximum Gasteiger partial charge on any atom is 0.321 e. The fourth-order valence-electron chi connectivity index (χ4n) is 1.72. The molecule has 0 aliphatic rings. The Hall–Kier alpha value is -2.16. The molecule has 0 saturated carbocycles. The van der Waals surface area contributed by atoms with Crippen molar-refractivity contribution in [1.29, 1.82) is 0 Å². The lowest BCUT2D eigenvalue weighted by molar-refractivity contribution is 0.0948. The second-order valence-electron chi connectivity index (χ2n) is 4.11. The van der Waals surface area contributed by atoms with E-state index in [1.54, 1.807) is 19.1 Å². The first-order valence-electron chi connectivity index (χ1n) is 6.44. The van der Waals surface area contributed by atoms with Crippen molar-refractivity contribution in [3.05, 3.63) is 22.3 Å². The van der Waals surface area contributed by atoms with Crippen LogP contribution in [0.4, 0.5) is 10.7 Å². The van der Waals surface area contributed by atoms with Crippen LogP contribution >= 0.6 is 15.9 Å². The van der Waals surface area contributed by atoms with Crippen molar-refractivity contribution in [2.75, 3.05) is 18.4 Å². The first-order chi connectivity index (χ1) is 10.0. The number of nitrogens with zero attached hydrogens (tertiary/aromatic N) is 3. The molecule has 3 amide bonds. The molecule has 8 nitrogen and oxygen atoms in total. The summed E-state index contributed by atoms with van der Waals surface area (Å²) in [5, 5.41) is 11.9. The molecule has 2 heterocycles. The molecule has 2 aromatic heterocycles. The third-order valence-electron chi connectivity index (χ3n) is 2.53. The first-order valence-corrected chi connectivity index (χ1v) is 7.23. The van der Waals surface area contributed by atoms with Gasteiger partial charge in [-0.1, -0.05) is 15.9 Å². The largest absolute Gasteiger partial charge is 0.351 e. The Kier molecular flexibility index (Phi) is 4.73. The van der Waals surface area contributed by atoms with Gasteiger partial charge < -0.3 is 10.6 Å². The van der Waals surface area contributed by atoms with Gasteiger partial charge in [0.1, 0.15) is 5.69 Å². The molecule has 112 valence electrons. The SMILES string of the molecule is CCNC(=O)Nc1nc2cc(Br)cc(C(=O)NCC)n2n1. The number of amides is 3. The van der Waals surface area contributed by atoms with Crippen LogP contribution in [0.5, 0.6) is 0 Å². The van der Waals surface area contributed by atoms with Gasteiger partial charge in [0.05, 0.1) is 0 Å². The van der Waals surface area contributed by atoms with Crippen molar-refractivity contribution >= 4 is 39.5 Å². The second kappa shape index (κ2) is 6.53. The average Bonchev–Trinajstić information content (AvgIpc) is 2.80. The molecule has 2 aromatic rings. The summed E-state index contributed by atoms with van der Waals surface area (Å²) in [7, 11) is 0. The molecule has 9 heteroatoms.